The minimum atomic E-state index is 0.311. The van der Waals surface area contributed by atoms with Crippen molar-refractivity contribution in [1.29, 1.82) is 0 Å². The van der Waals surface area contributed by atoms with Gasteiger partial charge in [0.1, 0.15) is 0 Å². The first-order valence-corrected chi connectivity index (χ1v) is 7.40. The molecular weight excluding hydrogens is 236 g/mol. The lowest BCUT2D eigenvalue weighted by Gasteiger charge is -2.23. The van der Waals surface area contributed by atoms with Crippen LogP contribution in [-0.2, 0) is 6.54 Å². The van der Waals surface area contributed by atoms with Gasteiger partial charge in [-0.05, 0) is 37.9 Å². The van der Waals surface area contributed by atoms with Crippen LogP contribution < -0.4 is 10.2 Å². The molecule has 0 saturated carbocycles. The third kappa shape index (κ3) is 3.71. The van der Waals surface area contributed by atoms with Gasteiger partial charge >= 0.3 is 0 Å². The summed E-state index contributed by atoms with van der Waals surface area (Å²) in [4.78, 5) is 2.42. The Labute approximate surface area is 116 Å². The normalized spacial score (nSPS) is 19.1. The van der Waals surface area contributed by atoms with Gasteiger partial charge in [-0.1, -0.05) is 24.6 Å². The van der Waals surface area contributed by atoms with Crippen LogP contribution in [0.1, 0.15) is 30.9 Å². The van der Waals surface area contributed by atoms with E-state index in [0.717, 1.165) is 39.0 Å². The molecule has 1 heterocycles. The fraction of sp³-hybridized carbons (Fsp3) is 0.625. The van der Waals surface area contributed by atoms with E-state index in [4.69, 9.17) is 0 Å². The second-order valence-electron chi connectivity index (χ2n) is 5.59. The summed E-state index contributed by atoms with van der Waals surface area (Å²) in [6.07, 6.45) is 2.27. The Kier molecular flexibility index (Phi) is 5.23. The Morgan fingerprint density at radius 2 is 2.26 bits per heavy atom. The molecular formula is C16H26N2O. The zero-order valence-corrected chi connectivity index (χ0v) is 12.2. The lowest BCUT2D eigenvalue weighted by atomic mass is 10.1. The minimum absolute atomic E-state index is 0.311. The highest BCUT2D eigenvalue weighted by Gasteiger charge is 2.23. The van der Waals surface area contributed by atoms with Crippen LogP contribution in [0.5, 0.6) is 0 Å². The van der Waals surface area contributed by atoms with Gasteiger partial charge in [-0.2, -0.15) is 0 Å². The fourth-order valence-corrected chi connectivity index (χ4v) is 2.76. The molecule has 106 valence electrons. The van der Waals surface area contributed by atoms with Crippen molar-refractivity contribution in [3.05, 3.63) is 29.3 Å². The van der Waals surface area contributed by atoms with E-state index in [-0.39, 0.29) is 0 Å². The van der Waals surface area contributed by atoms with Crippen LogP contribution in [-0.4, -0.2) is 31.3 Å². The number of rotatable bonds is 6. The van der Waals surface area contributed by atoms with E-state index in [1.165, 1.54) is 16.8 Å². The Balaban J connectivity index is 2.10. The molecule has 19 heavy (non-hydrogen) atoms. The van der Waals surface area contributed by atoms with Gasteiger partial charge in [0.2, 0.25) is 0 Å². The van der Waals surface area contributed by atoms with E-state index in [1.807, 2.05) is 0 Å². The second-order valence-corrected chi connectivity index (χ2v) is 5.59. The summed E-state index contributed by atoms with van der Waals surface area (Å²) in [5.41, 5.74) is 4.03. The topological polar surface area (TPSA) is 35.5 Å². The monoisotopic (exact) mass is 262 g/mol. The number of anilines is 1. The third-order valence-corrected chi connectivity index (χ3v) is 3.86. The summed E-state index contributed by atoms with van der Waals surface area (Å²) in [6.45, 7) is 8.70. The highest BCUT2D eigenvalue weighted by atomic mass is 16.3. The maximum atomic E-state index is 9.28. The van der Waals surface area contributed by atoms with Crippen molar-refractivity contribution in [3.63, 3.8) is 0 Å². The highest BCUT2D eigenvalue weighted by Crippen LogP contribution is 2.27. The molecule has 3 nitrogen and oxygen atoms in total. The van der Waals surface area contributed by atoms with E-state index in [2.05, 4.69) is 42.3 Å². The van der Waals surface area contributed by atoms with Gasteiger partial charge in [0, 0.05) is 37.8 Å². The van der Waals surface area contributed by atoms with Crippen molar-refractivity contribution >= 4 is 5.69 Å². The van der Waals surface area contributed by atoms with Gasteiger partial charge in [-0.3, -0.25) is 0 Å². The number of hydrogen-bond donors (Lipinski definition) is 2. The van der Waals surface area contributed by atoms with Crippen LogP contribution in [0.3, 0.4) is 0 Å². The van der Waals surface area contributed by atoms with Crippen LogP contribution in [0.25, 0.3) is 0 Å². The molecule has 0 radical (unpaired) electrons. The van der Waals surface area contributed by atoms with Crippen molar-refractivity contribution in [2.75, 3.05) is 31.1 Å². The van der Waals surface area contributed by atoms with E-state index in [1.54, 1.807) is 0 Å². The van der Waals surface area contributed by atoms with Gasteiger partial charge < -0.3 is 15.3 Å². The number of hydrogen-bond acceptors (Lipinski definition) is 3. The lowest BCUT2D eigenvalue weighted by Crippen LogP contribution is -2.24. The van der Waals surface area contributed by atoms with Crippen LogP contribution in [0, 0.1) is 12.8 Å². The van der Waals surface area contributed by atoms with E-state index in [0.29, 0.717) is 12.5 Å². The quantitative estimate of drug-likeness (QED) is 0.772. The maximum Gasteiger partial charge on any atom is 0.0476 e. The first-order chi connectivity index (χ1) is 9.24. The van der Waals surface area contributed by atoms with Crippen molar-refractivity contribution in [2.45, 2.75) is 33.2 Å². The fourth-order valence-electron chi connectivity index (χ4n) is 2.76. The van der Waals surface area contributed by atoms with Crippen LogP contribution in [0.4, 0.5) is 5.69 Å². The first kappa shape index (κ1) is 14.4. The molecule has 1 atom stereocenters. The number of nitrogens with zero attached hydrogens (tertiary/aromatic N) is 1. The molecule has 2 N–H and O–H groups in total. The Morgan fingerprint density at radius 1 is 1.42 bits per heavy atom. The second kappa shape index (κ2) is 6.92. The molecule has 1 aromatic carbocycles. The van der Waals surface area contributed by atoms with E-state index < -0.39 is 0 Å². The molecule has 0 amide bonds. The first-order valence-electron chi connectivity index (χ1n) is 7.40. The molecule has 0 aromatic heterocycles. The lowest BCUT2D eigenvalue weighted by molar-refractivity contribution is 0.238. The number of aliphatic hydroxyl groups excluding tert-OH is 1. The molecule has 0 bridgehead atoms. The molecule has 1 unspecified atom stereocenters. The predicted octanol–water partition coefficient (Wildman–Crippen LogP) is 2.31. The standard InChI is InChI=1S/C16H26N2O/c1-3-7-17-10-15-9-13(2)4-5-16(15)18-8-6-14(11-18)12-19/h4-5,9,14,17,19H,3,6-8,10-12H2,1-2H3. The smallest absolute Gasteiger partial charge is 0.0476 e. The zero-order valence-electron chi connectivity index (χ0n) is 12.2. The van der Waals surface area contributed by atoms with Crippen molar-refractivity contribution in [1.82, 2.24) is 5.32 Å². The van der Waals surface area contributed by atoms with Crippen LogP contribution >= 0.6 is 0 Å². The summed E-state index contributed by atoms with van der Waals surface area (Å²) >= 11 is 0. The minimum Gasteiger partial charge on any atom is -0.396 e. The third-order valence-electron chi connectivity index (χ3n) is 3.86. The molecule has 1 saturated heterocycles. The van der Waals surface area contributed by atoms with Crippen molar-refractivity contribution < 1.29 is 5.11 Å². The molecule has 1 fully saturated rings. The van der Waals surface area contributed by atoms with Gasteiger partial charge in [0.05, 0.1) is 0 Å². The van der Waals surface area contributed by atoms with E-state index >= 15 is 0 Å². The summed E-state index contributed by atoms with van der Waals surface area (Å²) in [5.74, 6) is 0.442. The Hall–Kier alpha value is -1.06. The number of aliphatic hydroxyl groups is 1. The predicted molar refractivity (Wildman–Crippen MR) is 80.6 cm³/mol. The van der Waals surface area contributed by atoms with Gasteiger partial charge in [0.25, 0.3) is 0 Å². The Morgan fingerprint density at radius 3 is 2.95 bits per heavy atom. The summed E-state index contributed by atoms with van der Waals surface area (Å²) in [6, 6.07) is 6.70. The molecule has 1 aromatic rings. The maximum absolute atomic E-state index is 9.28. The number of benzene rings is 1. The van der Waals surface area contributed by atoms with Crippen LogP contribution in [0.15, 0.2) is 18.2 Å². The molecule has 2 rings (SSSR count). The molecule has 3 heteroatoms. The molecule has 1 aliphatic heterocycles. The van der Waals surface area contributed by atoms with Crippen molar-refractivity contribution in [2.24, 2.45) is 5.92 Å². The molecule has 1 aliphatic rings. The van der Waals surface area contributed by atoms with E-state index in [9.17, 15) is 5.11 Å². The average Bonchev–Trinajstić information content (AvgIpc) is 2.88. The summed E-state index contributed by atoms with van der Waals surface area (Å²) < 4.78 is 0. The largest absolute Gasteiger partial charge is 0.396 e. The van der Waals surface area contributed by atoms with Gasteiger partial charge in [-0.15, -0.1) is 0 Å². The molecule has 0 aliphatic carbocycles. The molecule has 0 spiro atoms. The number of aryl methyl sites for hydroxylation is 1. The highest BCUT2D eigenvalue weighted by molar-refractivity contribution is 5.55. The van der Waals surface area contributed by atoms with Crippen molar-refractivity contribution in [3.8, 4) is 0 Å². The van der Waals surface area contributed by atoms with Gasteiger partial charge in [-0.25, -0.2) is 0 Å². The summed E-state index contributed by atoms with van der Waals surface area (Å²) in [5, 5.41) is 12.8. The zero-order chi connectivity index (χ0) is 13.7. The SMILES string of the molecule is CCCNCc1cc(C)ccc1N1CCC(CO)C1. The van der Waals surface area contributed by atoms with Gasteiger partial charge in [0.15, 0.2) is 0 Å². The van der Waals surface area contributed by atoms with Crippen LogP contribution in [0.2, 0.25) is 0 Å². The number of nitrogens with one attached hydrogen (secondary N) is 1. The average molecular weight is 262 g/mol. The summed E-state index contributed by atoms with van der Waals surface area (Å²) in [7, 11) is 0. The Bertz CT molecular complexity index is 406.